The van der Waals surface area contributed by atoms with Crippen LogP contribution < -0.4 is 11.1 Å². The molecule has 0 saturated heterocycles. The van der Waals surface area contributed by atoms with E-state index < -0.39 is 5.91 Å². The highest BCUT2D eigenvalue weighted by Crippen LogP contribution is 2.30. The number of benzene rings is 1. The van der Waals surface area contributed by atoms with Crippen LogP contribution in [0, 0.1) is 0 Å². The summed E-state index contributed by atoms with van der Waals surface area (Å²) in [6.45, 7) is 0. The van der Waals surface area contributed by atoms with Gasteiger partial charge in [0.05, 0.1) is 17.6 Å². The Morgan fingerprint density at radius 2 is 1.93 bits per heavy atom. The number of amides is 1. The number of pyridine rings is 2. The van der Waals surface area contributed by atoms with Crippen molar-refractivity contribution in [2.45, 2.75) is 0 Å². The van der Waals surface area contributed by atoms with Crippen LogP contribution in [-0.4, -0.2) is 20.9 Å². The average Bonchev–Trinajstić information content (AvgIpc) is 3.11. The number of carbonyl (C=O) groups excluding carboxylic acids is 1. The summed E-state index contributed by atoms with van der Waals surface area (Å²) in [4.78, 5) is 23.7. The van der Waals surface area contributed by atoms with Crippen molar-refractivity contribution in [3.8, 4) is 0 Å². The number of rotatable bonds is 5. The molecule has 0 saturated carbocycles. The van der Waals surface area contributed by atoms with Gasteiger partial charge in [-0.05, 0) is 29.8 Å². The smallest absolute Gasteiger partial charge is 0.249 e. The molecular weight excluding hydrogens is 338 g/mol. The molecule has 0 aliphatic rings. The molecule has 132 valence electrons. The van der Waals surface area contributed by atoms with Crippen LogP contribution in [0.3, 0.4) is 0 Å². The largest absolute Gasteiger partial charge is 0.366 e. The fraction of sp³-hybridized carbons (Fsp3) is 0. The SMILES string of the molecule is NC(=O)/C(=C\c1c[nH]c2nccc(Nc3cccnc3)c12)c1ccccc1. The summed E-state index contributed by atoms with van der Waals surface area (Å²) in [6, 6.07) is 15.0. The van der Waals surface area contributed by atoms with Gasteiger partial charge in [-0.3, -0.25) is 9.78 Å². The van der Waals surface area contributed by atoms with Gasteiger partial charge < -0.3 is 16.0 Å². The zero-order valence-corrected chi connectivity index (χ0v) is 14.4. The Morgan fingerprint density at radius 1 is 1.07 bits per heavy atom. The molecule has 1 amide bonds. The predicted octanol–water partition coefficient (Wildman–Crippen LogP) is 3.73. The number of nitrogens with zero attached hydrogens (tertiary/aromatic N) is 2. The number of nitrogens with two attached hydrogens (primary N) is 1. The Kier molecular flexibility index (Phi) is 4.37. The van der Waals surface area contributed by atoms with Crippen LogP contribution >= 0.6 is 0 Å². The first-order chi connectivity index (χ1) is 13.2. The number of carbonyl (C=O) groups is 1. The molecule has 0 unspecified atom stereocenters. The minimum absolute atomic E-state index is 0.438. The Morgan fingerprint density at radius 3 is 2.67 bits per heavy atom. The molecular formula is C21H17N5O. The van der Waals surface area contributed by atoms with Gasteiger partial charge in [0, 0.05) is 35.1 Å². The van der Waals surface area contributed by atoms with Gasteiger partial charge in [-0.2, -0.15) is 0 Å². The van der Waals surface area contributed by atoms with E-state index in [0.717, 1.165) is 27.9 Å². The van der Waals surface area contributed by atoms with Gasteiger partial charge in [0.1, 0.15) is 5.65 Å². The van der Waals surface area contributed by atoms with Crippen molar-refractivity contribution < 1.29 is 4.79 Å². The summed E-state index contributed by atoms with van der Waals surface area (Å²) in [5, 5.41) is 4.22. The number of H-pyrrole nitrogens is 1. The van der Waals surface area contributed by atoms with Gasteiger partial charge >= 0.3 is 0 Å². The average molecular weight is 355 g/mol. The third-order valence-electron chi connectivity index (χ3n) is 4.19. The maximum Gasteiger partial charge on any atom is 0.249 e. The lowest BCUT2D eigenvalue weighted by atomic mass is 10.0. The lowest BCUT2D eigenvalue weighted by Crippen LogP contribution is -2.12. The quantitative estimate of drug-likeness (QED) is 0.475. The van der Waals surface area contributed by atoms with Gasteiger partial charge in [-0.15, -0.1) is 0 Å². The van der Waals surface area contributed by atoms with E-state index >= 15 is 0 Å². The van der Waals surface area contributed by atoms with Crippen LogP contribution in [0.25, 0.3) is 22.7 Å². The van der Waals surface area contributed by atoms with Gasteiger partial charge in [-0.25, -0.2) is 4.98 Å². The Balaban J connectivity index is 1.83. The highest BCUT2D eigenvalue weighted by atomic mass is 16.1. The Bertz CT molecular complexity index is 1120. The van der Waals surface area contributed by atoms with Crippen molar-refractivity contribution in [2.75, 3.05) is 5.32 Å². The molecule has 1 aromatic carbocycles. The van der Waals surface area contributed by atoms with Gasteiger partial charge in [0.2, 0.25) is 5.91 Å². The van der Waals surface area contributed by atoms with E-state index in [9.17, 15) is 4.79 Å². The molecule has 4 N–H and O–H groups in total. The molecule has 0 aliphatic heterocycles. The van der Waals surface area contributed by atoms with Crippen molar-refractivity contribution >= 4 is 40.0 Å². The number of primary amides is 1. The zero-order valence-electron chi connectivity index (χ0n) is 14.4. The monoisotopic (exact) mass is 355 g/mol. The fourth-order valence-electron chi connectivity index (χ4n) is 2.96. The molecule has 0 aliphatic carbocycles. The van der Waals surface area contributed by atoms with E-state index in [2.05, 4.69) is 20.3 Å². The number of anilines is 2. The molecule has 0 bridgehead atoms. The normalized spacial score (nSPS) is 11.5. The summed E-state index contributed by atoms with van der Waals surface area (Å²) < 4.78 is 0. The number of fused-ring (bicyclic) bond motifs is 1. The molecule has 27 heavy (non-hydrogen) atoms. The third-order valence-corrected chi connectivity index (χ3v) is 4.19. The summed E-state index contributed by atoms with van der Waals surface area (Å²) in [5.74, 6) is -0.485. The standard InChI is InChI=1S/C21H17N5O/c22-20(27)17(14-5-2-1-3-6-14)11-15-12-25-21-19(15)18(8-10-24-21)26-16-7-4-9-23-13-16/h1-13H,(H2,22,27)(H2,24,25,26)/b17-11-. The second kappa shape index (κ2) is 7.13. The maximum atomic E-state index is 12.0. The van der Waals surface area contributed by atoms with Crippen LogP contribution in [0.4, 0.5) is 11.4 Å². The van der Waals surface area contributed by atoms with Crippen LogP contribution in [0.5, 0.6) is 0 Å². The second-order valence-corrected chi connectivity index (χ2v) is 5.98. The Labute approximate surface area is 155 Å². The Hall–Kier alpha value is -3.93. The van der Waals surface area contributed by atoms with Crippen LogP contribution in [0.1, 0.15) is 11.1 Å². The lowest BCUT2D eigenvalue weighted by molar-refractivity contribution is -0.112. The molecule has 6 nitrogen and oxygen atoms in total. The number of hydrogen-bond acceptors (Lipinski definition) is 4. The third kappa shape index (κ3) is 3.41. The zero-order chi connectivity index (χ0) is 18.6. The summed E-state index contributed by atoms with van der Waals surface area (Å²) in [7, 11) is 0. The van der Waals surface area contributed by atoms with Gasteiger partial charge in [-0.1, -0.05) is 30.3 Å². The van der Waals surface area contributed by atoms with E-state index in [0.29, 0.717) is 11.2 Å². The van der Waals surface area contributed by atoms with Crippen molar-refractivity contribution in [3.63, 3.8) is 0 Å². The minimum atomic E-state index is -0.485. The number of nitrogens with one attached hydrogen (secondary N) is 2. The fourth-order valence-corrected chi connectivity index (χ4v) is 2.96. The first kappa shape index (κ1) is 16.5. The summed E-state index contributed by atoms with van der Waals surface area (Å²) >= 11 is 0. The highest BCUT2D eigenvalue weighted by Gasteiger charge is 2.13. The minimum Gasteiger partial charge on any atom is -0.366 e. The van der Waals surface area contributed by atoms with Crippen molar-refractivity contribution in [1.29, 1.82) is 0 Å². The molecule has 0 spiro atoms. The van der Waals surface area contributed by atoms with E-state index in [1.54, 1.807) is 24.7 Å². The number of aromatic nitrogens is 3. The molecule has 0 fully saturated rings. The van der Waals surface area contributed by atoms with Crippen LogP contribution in [0.2, 0.25) is 0 Å². The molecule has 0 atom stereocenters. The molecule has 3 heterocycles. The van der Waals surface area contributed by atoms with E-state index in [-0.39, 0.29) is 0 Å². The summed E-state index contributed by atoms with van der Waals surface area (Å²) in [6.07, 6.45) is 8.78. The maximum absolute atomic E-state index is 12.0. The first-order valence-electron chi connectivity index (χ1n) is 8.42. The van der Waals surface area contributed by atoms with E-state index in [4.69, 9.17) is 5.73 Å². The second-order valence-electron chi connectivity index (χ2n) is 5.98. The predicted molar refractivity (Wildman–Crippen MR) is 107 cm³/mol. The molecule has 0 radical (unpaired) electrons. The first-order valence-corrected chi connectivity index (χ1v) is 8.42. The van der Waals surface area contributed by atoms with Gasteiger partial charge in [0.25, 0.3) is 0 Å². The van der Waals surface area contributed by atoms with Gasteiger partial charge in [0.15, 0.2) is 0 Å². The van der Waals surface area contributed by atoms with Crippen molar-refractivity contribution in [1.82, 2.24) is 15.0 Å². The lowest BCUT2D eigenvalue weighted by Gasteiger charge is -2.08. The highest BCUT2D eigenvalue weighted by molar-refractivity contribution is 6.24. The molecule has 4 aromatic rings. The number of hydrogen-bond donors (Lipinski definition) is 3. The molecule has 4 rings (SSSR count). The van der Waals surface area contributed by atoms with Crippen LogP contribution in [-0.2, 0) is 4.79 Å². The molecule has 6 heteroatoms. The number of aromatic amines is 1. The van der Waals surface area contributed by atoms with Crippen molar-refractivity contribution in [2.24, 2.45) is 5.73 Å². The van der Waals surface area contributed by atoms with Crippen molar-refractivity contribution in [3.05, 3.63) is 84.4 Å². The summed E-state index contributed by atoms with van der Waals surface area (Å²) in [5.41, 5.74) is 10.1. The van der Waals surface area contributed by atoms with E-state index in [1.165, 1.54) is 0 Å². The molecule has 3 aromatic heterocycles. The van der Waals surface area contributed by atoms with E-state index in [1.807, 2.05) is 54.7 Å². The topological polar surface area (TPSA) is 96.7 Å². The van der Waals surface area contributed by atoms with Crippen LogP contribution in [0.15, 0.2) is 73.3 Å².